The normalized spacial score (nSPS) is 10.6. The zero-order chi connectivity index (χ0) is 12.3. The van der Waals surface area contributed by atoms with Gasteiger partial charge in [0.2, 0.25) is 0 Å². The Morgan fingerprint density at radius 3 is 2.53 bits per heavy atom. The van der Waals surface area contributed by atoms with Gasteiger partial charge in [-0.05, 0) is 12.1 Å². The molecule has 1 heterocycles. The summed E-state index contributed by atoms with van der Waals surface area (Å²) in [5, 5.41) is 0.0246. The highest BCUT2D eigenvalue weighted by molar-refractivity contribution is 6.30. The molecule has 0 saturated carbocycles. The van der Waals surface area contributed by atoms with Crippen molar-refractivity contribution in [2.75, 3.05) is 0 Å². The van der Waals surface area contributed by atoms with Gasteiger partial charge in [0.1, 0.15) is 5.75 Å². The second kappa shape index (κ2) is 5.05. The van der Waals surface area contributed by atoms with Crippen LogP contribution in [0.2, 0.25) is 5.15 Å². The second-order valence-corrected chi connectivity index (χ2v) is 3.45. The molecule has 2 aromatic rings. The van der Waals surface area contributed by atoms with Crippen LogP contribution in [-0.4, -0.2) is 9.97 Å². The first-order valence-corrected chi connectivity index (χ1v) is 5.07. The number of halogens is 3. The molecule has 0 amide bonds. The van der Waals surface area contributed by atoms with E-state index < -0.39 is 6.43 Å². The summed E-state index contributed by atoms with van der Waals surface area (Å²) in [6.45, 7) is 0. The summed E-state index contributed by atoms with van der Waals surface area (Å²) < 4.78 is 30.6. The molecule has 1 aromatic heterocycles. The fourth-order valence-corrected chi connectivity index (χ4v) is 1.38. The van der Waals surface area contributed by atoms with Crippen LogP contribution in [0.1, 0.15) is 12.0 Å². The first-order valence-electron chi connectivity index (χ1n) is 4.70. The molecule has 0 aliphatic heterocycles. The molecular weight excluding hydrogens is 250 g/mol. The summed E-state index contributed by atoms with van der Waals surface area (Å²) >= 11 is 5.72. The van der Waals surface area contributed by atoms with E-state index in [1.807, 2.05) is 0 Å². The Morgan fingerprint density at radius 1 is 1.12 bits per heavy atom. The van der Waals surface area contributed by atoms with Crippen molar-refractivity contribution < 1.29 is 13.5 Å². The van der Waals surface area contributed by atoms with Crippen molar-refractivity contribution >= 4 is 11.6 Å². The van der Waals surface area contributed by atoms with Crippen LogP contribution in [0.25, 0.3) is 0 Å². The van der Waals surface area contributed by atoms with Crippen molar-refractivity contribution in [3.63, 3.8) is 0 Å². The van der Waals surface area contributed by atoms with Crippen LogP contribution in [-0.2, 0) is 0 Å². The van der Waals surface area contributed by atoms with E-state index in [9.17, 15) is 8.78 Å². The number of hydrogen-bond donors (Lipinski definition) is 0. The quantitative estimate of drug-likeness (QED) is 0.836. The Hall–Kier alpha value is -1.75. The number of aromatic nitrogens is 2. The fraction of sp³-hybridized carbons (Fsp3) is 0.0909. The lowest BCUT2D eigenvalue weighted by atomic mass is 10.2. The Bertz CT molecular complexity index is 522. The summed E-state index contributed by atoms with van der Waals surface area (Å²) in [5.74, 6) is 0.0205. The molecule has 0 aliphatic rings. The average Bonchev–Trinajstić information content (AvgIpc) is 2.32. The van der Waals surface area contributed by atoms with Crippen LogP contribution >= 0.6 is 11.6 Å². The van der Waals surface area contributed by atoms with E-state index in [4.69, 9.17) is 16.3 Å². The van der Waals surface area contributed by atoms with Crippen molar-refractivity contribution in [2.45, 2.75) is 6.43 Å². The number of ether oxygens (including phenoxy) is 1. The van der Waals surface area contributed by atoms with E-state index in [1.165, 1.54) is 30.6 Å². The molecule has 0 atom stereocenters. The largest absolute Gasteiger partial charge is 0.436 e. The minimum absolute atomic E-state index is 0.00210. The Labute approximate surface area is 101 Å². The van der Waals surface area contributed by atoms with Gasteiger partial charge in [0, 0.05) is 12.4 Å². The number of nitrogens with zero attached hydrogens (tertiary/aromatic N) is 2. The highest BCUT2D eigenvalue weighted by atomic mass is 35.5. The van der Waals surface area contributed by atoms with Gasteiger partial charge in [-0.1, -0.05) is 23.7 Å². The lowest BCUT2D eigenvalue weighted by Gasteiger charge is -2.09. The SMILES string of the molecule is FC(F)c1ccccc1Oc1nccnc1Cl. The van der Waals surface area contributed by atoms with Crippen molar-refractivity contribution in [3.05, 3.63) is 47.4 Å². The maximum Gasteiger partial charge on any atom is 0.267 e. The Morgan fingerprint density at radius 2 is 1.82 bits per heavy atom. The van der Waals surface area contributed by atoms with Gasteiger partial charge in [-0.25, -0.2) is 18.7 Å². The van der Waals surface area contributed by atoms with Gasteiger partial charge in [-0.3, -0.25) is 0 Å². The topological polar surface area (TPSA) is 35.0 Å². The molecule has 0 N–H and O–H groups in total. The molecule has 0 spiro atoms. The highest BCUT2D eigenvalue weighted by Gasteiger charge is 2.15. The minimum Gasteiger partial charge on any atom is -0.436 e. The van der Waals surface area contributed by atoms with Crippen LogP contribution in [0.4, 0.5) is 8.78 Å². The standard InChI is InChI=1S/C11H7ClF2N2O/c12-9-11(16-6-5-15-9)17-8-4-2-1-3-7(8)10(13)14/h1-6,10H. The number of hydrogen-bond acceptors (Lipinski definition) is 3. The van der Waals surface area contributed by atoms with E-state index >= 15 is 0 Å². The van der Waals surface area contributed by atoms with Gasteiger partial charge in [-0.15, -0.1) is 0 Å². The number of para-hydroxylation sites is 1. The van der Waals surface area contributed by atoms with Gasteiger partial charge in [-0.2, -0.15) is 0 Å². The maximum absolute atomic E-state index is 12.7. The summed E-state index contributed by atoms with van der Waals surface area (Å²) in [4.78, 5) is 7.55. The summed E-state index contributed by atoms with van der Waals surface area (Å²) in [6, 6.07) is 5.80. The predicted octanol–water partition coefficient (Wildman–Crippen LogP) is 3.86. The second-order valence-electron chi connectivity index (χ2n) is 3.09. The van der Waals surface area contributed by atoms with E-state index in [0.29, 0.717) is 0 Å². The summed E-state index contributed by atoms with van der Waals surface area (Å²) in [7, 11) is 0. The van der Waals surface area contributed by atoms with E-state index in [2.05, 4.69) is 9.97 Å². The number of alkyl halides is 2. The minimum atomic E-state index is -2.62. The van der Waals surface area contributed by atoms with Crippen LogP contribution in [0.5, 0.6) is 11.6 Å². The highest BCUT2D eigenvalue weighted by Crippen LogP contribution is 2.32. The molecule has 17 heavy (non-hydrogen) atoms. The number of rotatable bonds is 3. The lowest BCUT2D eigenvalue weighted by molar-refractivity contribution is 0.148. The van der Waals surface area contributed by atoms with Gasteiger partial charge in [0.25, 0.3) is 12.3 Å². The molecular formula is C11H7ClF2N2O. The number of benzene rings is 1. The summed E-state index contributed by atoms with van der Waals surface area (Å²) in [5.41, 5.74) is -0.214. The van der Waals surface area contributed by atoms with Crippen LogP contribution in [0.15, 0.2) is 36.7 Å². The maximum atomic E-state index is 12.7. The van der Waals surface area contributed by atoms with Crippen molar-refractivity contribution in [2.24, 2.45) is 0 Å². The average molecular weight is 257 g/mol. The molecule has 0 bridgehead atoms. The third-order valence-corrected chi connectivity index (χ3v) is 2.24. The molecule has 1 aromatic carbocycles. The zero-order valence-corrected chi connectivity index (χ0v) is 9.23. The smallest absolute Gasteiger partial charge is 0.267 e. The summed E-state index contributed by atoms with van der Waals surface area (Å²) in [6.07, 6.45) is 0.127. The fourth-order valence-electron chi connectivity index (χ4n) is 1.23. The lowest BCUT2D eigenvalue weighted by Crippen LogP contribution is -1.95. The third-order valence-electron chi connectivity index (χ3n) is 1.98. The third kappa shape index (κ3) is 2.68. The Kier molecular flexibility index (Phi) is 3.49. The van der Waals surface area contributed by atoms with Gasteiger partial charge in [0.05, 0.1) is 5.56 Å². The molecule has 0 fully saturated rings. The van der Waals surface area contributed by atoms with Gasteiger partial charge in [0.15, 0.2) is 5.15 Å². The van der Waals surface area contributed by atoms with E-state index in [0.717, 1.165) is 0 Å². The molecule has 3 nitrogen and oxygen atoms in total. The molecule has 2 rings (SSSR count). The van der Waals surface area contributed by atoms with Crippen molar-refractivity contribution in [1.82, 2.24) is 9.97 Å². The van der Waals surface area contributed by atoms with Crippen molar-refractivity contribution in [3.8, 4) is 11.6 Å². The van der Waals surface area contributed by atoms with E-state index in [-0.39, 0.29) is 22.3 Å². The van der Waals surface area contributed by atoms with Crippen LogP contribution < -0.4 is 4.74 Å². The van der Waals surface area contributed by atoms with Gasteiger partial charge >= 0.3 is 0 Å². The molecule has 0 aliphatic carbocycles. The molecule has 0 radical (unpaired) electrons. The molecule has 0 saturated heterocycles. The predicted molar refractivity (Wildman–Crippen MR) is 58.5 cm³/mol. The monoisotopic (exact) mass is 256 g/mol. The first-order chi connectivity index (χ1) is 8.18. The van der Waals surface area contributed by atoms with E-state index in [1.54, 1.807) is 6.07 Å². The van der Waals surface area contributed by atoms with Crippen molar-refractivity contribution in [1.29, 1.82) is 0 Å². The molecule has 6 heteroatoms. The Balaban J connectivity index is 2.34. The zero-order valence-electron chi connectivity index (χ0n) is 8.48. The molecule has 0 unspecified atom stereocenters. The first kappa shape index (κ1) is 11.7. The van der Waals surface area contributed by atoms with Crippen LogP contribution in [0, 0.1) is 0 Å². The van der Waals surface area contributed by atoms with Crippen LogP contribution in [0.3, 0.4) is 0 Å². The van der Waals surface area contributed by atoms with Gasteiger partial charge < -0.3 is 4.74 Å². The molecule has 88 valence electrons.